The molecule has 0 unspecified atom stereocenters. The van der Waals surface area contributed by atoms with Crippen LogP contribution in [0.2, 0.25) is 15.1 Å². The van der Waals surface area contributed by atoms with Gasteiger partial charge in [0.2, 0.25) is 0 Å². The number of hydrogen-bond acceptors (Lipinski definition) is 4. The molecule has 2 bridgehead atoms. The lowest BCUT2D eigenvalue weighted by molar-refractivity contribution is -0.157. The Balaban J connectivity index is 1.60. The van der Waals surface area contributed by atoms with E-state index in [9.17, 15) is 19.2 Å². The smallest absolute Gasteiger partial charge is 0.273 e. The number of nitrogens with zero attached hydrogens (tertiary/aromatic N) is 2. The summed E-state index contributed by atoms with van der Waals surface area (Å²) in [6, 6.07) is 9.26. The van der Waals surface area contributed by atoms with Gasteiger partial charge in [0.1, 0.15) is 6.04 Å². The third-order valence-corrected chi connectivity index (χ3v) is 8.81. The summed E-state index contributed by atoms with van der Waals surface area (Å²) < 4.78 is 0. The van der Waals surface area contributed by atoms with Gasteiger partial charge in [-0.15, -0.1) is 11.6 Å². The van der Waals surface area contributed by atoms with Gasteiger partial charge < -0.3 is 0 Å². The second-order valence-corrected chi connectivity index (χ2v) is 11.1. The molecule has 36 heavy (non-hydrogen) atoms. The molecule has 0 radical (unpaired) electrons. The molecule has 2 aromatic rings. The van der Waals surface area contributed by atoms with E-state index < -0.39 is 41.4 Å². The first-order valence-electron chi connectivity index (χ1n) is 11.7. The number of carbonyl (C=O) groups is 4. The lowest BCUT2D eigenvalue weighted by Crippen LogP contribution is -2.58. The number of Topliss-reactive ketones (excluding diaryl/α,β-unsaturated/α-hetero) is 1. The maximum absolute atomic E-state index is 14.0. The van der Waals surface area contributed by atoms with Crippen molar-refractivity contribution in [3.05, 3.63) is 68.7 Å². The largest absolute Gasteiger partial charge is 0.292 e. The third kappa shape index (κ3) is 4.22. The van der Waals surface area contributed by atoms with Crippen LogP contribution in [0.4, 0.5) is 0 Å². The number of hydrogen-bond donors (Lipinski definition) is 0. The van der Waals surface area contributed by atoms with Crippen LogP contribution in [0.1, 0.15) is 46.4 Å². The van der Waals surface area contributed by atoms with E-state index in [0.29, 0.717) is 5.02 Å². The Morgan fingerprint density at radius 3 is 2.03 bits per heavy atom. The van der Waals surface area contributed by atoms with Crippen LogP contribution in [-0.2, 0) is 9.59 Å². The maximum Gasteiger partial charge on any atom is 0.273 e. The average Bonchev–Trinajstić information content (AvgIpc) is 3.55. The number of fused-ring (bicyclic) bond motifs is 5. The Morgan fingerprint density at radius 1 is 0.889 bits per heavy atom. The molecule has 2 saturated carbocycles. The number of imide groups is 1. The number of hydrazine groups is 1. The van der Waals surface area contributed by atoms with Gasteiger partial charge in [0.25, 0.3) is 17.7 Å². The Hall–Kier alpha value is -2.12. The molecule has 3 fully saturated rings. The summed E-state index contributed by atoms with van der Waals surface area (Å²) in [5.41, 5.74) is 0.370. The molecule has 3 amide bonds. The van der Waals surface area contributed by atoms with Crippen LogP contribution in [0.5, 0.6) is 0 Å². The van der Waals surface area contributed by atoms with Gasteiger partial charge in [0.15, 0.2) is 5.78 Å². The Morgan fingerprint density at radius 2 is 1.47 bits per heavy atom. The Labute approximate surface area is 228 Å². The first-order valence-corrected chi connectivity index (χ1v) is 13.4. The van der Waals surface area contributed by atoms with E-state index >= 15 is 0 Å². The van der Waals surface area contributed by atoms with Gasteiger partial charge in [0, 0.05) is 22.0 Å². The quantitative estimate of drug-likeness (QED) is 0.236. The zero-order chi connectivity index (χ0) is 25.7. The second-order valence-electron chi connectivity index (χ2n) is 9.52. The minimum atomic E-state index is -1.20. The normalized spacial score (nSPS) is 25.3. The maximum atomic E-state index is 14.0. The molecule has 10 heteroatoms. The predicted molar refractivity (Wildman–Crippen MR) is 137 cm³/mol. The number of rotatable bonds is 7. The summed E-state index contributed by atoms with van der Waals surface area (Å²) >= 11 is 24.3. The molecule has 3 aliphatic rings. The summed E-state index contributed by atoms with van der Waals surface area (Å²) in [6.45, 7) is 0. The van der Waals surface area contributed by atoms with Gasteiger partial charge in [-0.25, -0.2) is 5.01 Å². The Bertz CT molecular complexity index is 1220. The van der Waals surface area contributed by atoms with Crippen molar-refractivity contribution in [2.45, 2.75) is 31.7 Å². The van der Waals surface area contributed by atoms with Gasteiger partial charge in [-0.05, 0) is 80.0 Å². The molecule has 188 valence electrons. The minimum Gasteiger partial charge on any atom is -0.292 e. The molecule has 1 aliphatic heterocycles. The molecule has 5 rings (SSSR count). The molecule has 0 spiro atoms. The predicted octanol–water partition coefficient (Wildman–Crippen LogP) is 5.92. The highest BCUT2D eigenvalue weighted by atomic mass is 35.5. The summed E-state index contributed by atoms with van der Waals surface area (Å²) in [6.07, 6.45) is 2.63. The van der Waals surface area contributed by atoms with E-state index in [1.165, 1.54) is 30.3 Å². The van der Waals surface area contributed by atoms with Crippen molar-refractivity contribution in [1.82, 2.24) is 10.0 Å². The number of alkyl halides is 1. The van der Waals surface area contributed by atoms with Gasteiger partial charge >= 0.3 is 0 Å². The van der Waals surface area contributed by atoms with Crippen LogP contribution in [0, 0.1) is 23.7 Å². The lowest BCUT2D eigenvalue weighted by Gasteiger charge is -2.36. The fourth-order valence-electron chi connectivity index (χ4n) is 6.01. The van der Waals surface area contributed by atoms with E-state index in [0.717, 1.165) is 29.3 Å². The zero-order valence-corrected chi connectivity index (χ0v) is 22.0. The van der Waals surface area contributed by atoms with Crippen LogP contribution in [-0.4, -0.2) is 45.4 Å². The van der Waals surface area contributed by atoms with E-state index in [2.05, 4.69) is 0 Å². The van der Waals surface area contributed by atoms with Crippen LogP contribution >= 0.6 is 46.4 Å². The molecule has 1 heterocycles. The first-order chi connectivity index (χ1) is 17.2. The topological polar surface area (TPSA) is 74.8 Å². The minimum absolute atomic E-state index is 0.0173. The van der Waals surface area contributed by atoms with Crippen molar-refractivity contribution < 1.29 is 19.2 Å². The van der Waals surface area contributed by atoms with Gasteiger partial charge in [-0.2, -0.15) is 5.01 Å². The third-order valence-electron chi connectivity index (χ3n) is 7.60. The average molecular weight is 568 g/mol. The van der Waals surface area contributed by atoms with Crippen molar-refractivity contribution in [3.8, 4) is 0 Å². The number of benzene rings is 2. The van der Waals surface area contributed by atoms with Crippen molar-refractivity contribution in [1.29, 1.82) is 0 Å². The molecule has 0 aromatic heterocycles. The summed E-state index contributed by atoms with van der Waals surface area (Å²) in [5, 5.41) is 2.73. The number of halogens is 4. The van der Waals surface area contributed by atoms with E-state index in [1.54, 1.807) is 12.1 Å². The zero-order valence-electron chi connectivity index (χ0n) is 19.0. The Kier molecular flexibility index (Phi) is 7.07. The SMILES string of the molecule is O=C(c1ccc(Cl)cc1)[C@H](CCCl)N(C(=O)c1ccc(Cl)c(Cl)c1)N1C(=O)[C@@H]2[C@H]3CC[C@@H](C3)[C@H]2C1=O. The van der Waals surface area contributed by atoms with Crippen LogP contribution in [0.3, 0.4) is 0 Å². The highest BCUT2D eigenvalue weighted by Crippen LogP contribution is 2.56. The fourth-order valence-corrected chi connectivity index (χ4v) is 6.64. The second kappa shape index (κ2) is 9.97. The van der Waals surface area contributed by atoms with E-state index in [-0.39, 0.29) is 45.3 Å². The highest BCUT2D eigenvalue weighted by Gasteiger charge is 2.63. The summed E-state index contributed by atoms with van der Waals surface area (Å²) in [5.74, 6) is -2.73. The first kappa shape index (κ1) is 25.5. The number of carbonyl (C=O) groups excluding carboxylic acids is 4. The van der Waals surface area contributed by atoms with Crippen LogP contribution < -0.4 is 0 Å². The molecule has 1 saturated heterocycles. The van der Waals surface area contributed by atoms with E-state index in [1.807, 2.05) is 0 Å². The lowest BCUT2D eigenvalue weighted by atomic mass is 9.81. The molecular weight excluding hydrogens is 546 g/mol. The summed E-state index contributed by atoms with van der Waals surface area (Å²) in [4.78, 5) is 55.1. The number of amides is 3. The molecule has 2 aliphatic carbocycles. The van der Waals surface area contributed by atoms with E-state index in [4.69, 9.17) is 46.4 Å². The monoisotopic (exact) mass is 566 g/mol. The van der Waals surface area contributed by atoms with Crippen molar-refractivity contribution >= 4 is 69.9 Å². The standard InChI is InChI=1S/C26H22Cl4N2O4/c27-10-9-20(23(33)13-3-6-17(28)7-4-13)31(24(34)16-5-8-18(29)19(30)12-16)32-25(35)21-14-1-2-15(11-14)22(21)26(32)36/h3-8,12,14-15,20-22H,1-2,9-11H2/t14-,15-,20-,21+,22+/m0/s1. The van der Waals surface area contributed by atoms with Gasteiger partial charge in [-0.1, -0.05) is 34.8 Å². The molecule has 2 aromatic carbocycles. The molecule has 5 atom stereocenters. The van der Waals surface area contributed by atoms with Gasteiger partial charge in [-0.3, -0.25) is 19.2 Å². The van der Waals surface area contributed by atoms with Crippen molar-refractivity contribution in [2.75, 3.05) is 5.88 Å². The van der Waals surface area contributed by atoms with Crippen LogP contribution in [0.25, 0.3) is 0 Å². The van der Waals surface area contributed by atoms with Crippen molar-refractivity contribution in [3.63, 3.8) is 0 Å². The van der Waals surface area contributed by atoms with Gasteiger partial charge in [0.05, 0.1) is 21.9 Å². The van der Waals surface area contributed by atoms with Crippen LogP contribution in [0.15, 0.2) is 42.5 Å². The molecule has 0 N–H and O–H groups in total. The molecule has 6 nitrogen and oxygen atoms in total. The number of ketones is 1. The summed E-state index contributed by atoms with van der Waals surface area (Å²) in [7, 11) is 0. The molecular formula is C26H22Cl4N2O4. The van der Waals surface area contributed by atoms with Crippen molar-refractivity contribution in [2.24, 2.45) is 23.7 Å². The fraction of sp³-hybridized carbons (Fsp3) is 0.385. The highest BCUT2D eigenvalue weighted by molar-refractivity contribution is 6.42.